The first-order valence-electron chi connectivity index (χ1n) is 4.21. The van der Waals surface area contributed by atoms with Crippen molar-refractivity contribution in [2.45, 2.75) is 19.8 Å². The first kappa shape index (κ1) is 10.3. The van der Waals surface area contributed by atoms with Crippen LogP contribution in [0.5, 0.6) is 0 Å². The van der Waals surface area contributed by atoms with Gasteiger partial charge < -0.3 is 9.80 Å². The van der Waals surface area contributed by atoms with Crippen molar-refractivity contribution >= 4 is 0 Å². The molecule has 0 fully saturated rings. The molecule has 0 bridgehead atoms. The predicted octanol–water partition coefficient (Wildman–Crippen LogP) is 1.75. The smallest absolute Gasteiger partial charge is 0.0169 e. The largest absolute Gasteiger partial charge is 0.382 e. The molecule has 0 saturated heterocycles. The Kier molecular flexibility index (Phi) is 5.71. The molecule has 2 nitrogen and oxygen atoms in total. The molecule has 0 aromatic carbocycles. The first-order chi connectivity index (χ1) is 5.16. The summed E-state index contributed by atoms with van der Waals surface area (Å²) in [5.41, 5.74) is 0. The van der Waals surface area contributed by atoms with Gasteiger partial charge in [-0.15, -0.1) is 0 Å². The number of hydrogen-bond acceptors (Lipinski definition) is 2. The molecule has 0 heterocycles. The van der Waals surface area contributed by atoms with Crippen molar-refractivity contribution in [3.63, 3.8) is 0 Å². The molecule has 11 heavy (non-hydrogen) atoms. The van der Waals surface area contributed by atoms with Crippen molar-refractivity contribution in [1.82, 2.24) is 9.80 Å². The second-order valence-electron chi connectivity index (χ2n) is 3.10. The predicted molar refractivity (Wildman–Crippen MR) is 50.4 cm³/mol. The van der Waals surface area contributed by atoms with E-state index >= 15 is 0 Å². The molecule has 2 heteroatoms. The third-order valence-electron chi connectivity index (χ3n) is 1.48. The summed E-state index contributed by atoms with van der Waals surface area (Å²) in [6, 6.07) is 0. The molecule has 0 radical (unpaired) electrons. The van der Waals surface area contributed by atoms with Gasteiger partial charge in [0.1, 0.15) is 0 Å². The summed E-state index contributed by atoms with van der Waals surface area (Å²) in [6.45, 7) is 3.37. The lowest BCUT2D eigenvalue weighted by Crippen LogP contribution is -2.13. The summed E-state index contributed by atoms with van der Waals surface area (Å²) in [6.07, 6.45) is 6.71. The molecule has 0 saturated carbocycles. The van der Waals surface area contributed by atoms with Gasteiger partial charge in [-0.1, -0.05) is 13.3 Å². The van der Waals surface area contributed by atoms with Crippen LogP contribution in [0.3, 0.4) is 0 Å². The zero-order valence-electron chi connectivity index (χ0n) is 8.17. The molecule has 0 aliphatic heterocycles. The lowest BCUT2D eigenvalue weighted by atomic mass is 10.3. The third-order valence-corrected chi connectivity index (χ3v) is 1.48. The highest BCUT2D eigenvalue weighted by molar-refractivity contribution is 4.77. The van der Waals surface area contributed by atoms with E-state index in [0.29, 0.717) is 0 Å². The van der Waals surface area contributed by atoms with Crippen molar-refractivity contribution in [3.05, 3.63) is 12.4 Å². The third kappa shape index (κ3) is 7.23. The minimum atomic E-state index is 1.15. The monoisotopic (exact) mass is 156 g/mol. The molecule has 0 unspecified atom stereocenters. The molecule has 0 rings (SSSR count). The summed E-state index contributed by atoms with van der Waals surface area (Å²) in [4.78, 5) is 4.26. The highest BCUT2D eigenvalue weighted by atomic mass is 15.1. The van der Waals surface area contributed by atoms with E-state index in [1.54, 1.807) is 0 Å². The van der Waals surface area contributed by atoms with Crippen molar-refractivity contribution in [1.29, 1.82) is 0 Å². The van der Waals surface area contributed by atoms with E-state index in [2.05, 4.69) is 31.3 Å². The van der Waals surface area contributed by atoms with Crippen LogP contribution in [0.2, 0.25) is 0 Å². The fraction of sp³-hybridized carbons (Fsp3) is 0.778. The Morgan fingerprint density at radius 1 is 1.09 bits per heavy atom. The lowest BCUT2D eigenvalue weighted by molar-refractivity contribution is 0.428. The quantitative estimate of drug-likeness (QED) is 0.598. The number of rotatable bonds is 5. The van der Waals surface area contributed by atoms with E-state index in [-0.39, 0.29) is 0 Å². The maximum atomic E-state index is 2.21. The molecule has 0 N–H and O–H groups in total. The Hall–Kier alpha value is -0.660. The van der Waals surface area contributed by atoms with Crippen molar-refractivity contribution < 1.29 is 0 Å². The van der Waals surface area contributed by atoms with Crippen molar-refractivity contribution in [3.8, 4) is 0 Å². The summed E-state index contributed by atoms with van der Waals surface area (Å²) >= 11 is 0. The molecule has 0 amide bonds. The van der Waals surface area contributed by atoms with Crippen LogP contribution in [0.25, 0.3) is 0 Å². The van der Waals surface area contributed by atoms with Gasteiger partial charge in [0.2, 0.25) is 0 Å². The average molecular weight is 156 g/mol. The Morgan fingerprint density at radius 2 is 1.73 bits per heavy atom. The SMILES string of the molecule is CCCCN(C)/C=C\N(C)C. The van der Waals surface area contributed by atoms with E-state index < -0.39 is 0 Å². The van der Waals surface area contributed by atoms with Crippen LogP contribution < -0.4 is 0 Å². The highest BCUT2D eigenvalue weighted by Gasteiger charge is 1.88. The van der Waals surface area contributed by atoms with Crippen LogP contribution in [0.1, 0.15) is 19.8 Å². The average Bonchev–Trinajstić information content (AvgIpc) is 1.97. The van der Waals surface area contributed by atoms with E-state index in [4.69, 9.17) is 0 Å². The van der Waals surface area contributed by atoms with Gasteiger partial charge in [-0.2, -0.15) is 0 Å². The zero-order valence-corrected chi connectivity index (χ0v) is 8.17. The molecule has 0 atom stereocenters. The van der Waals surface area contributed by atoms with Gasteiger partial charge >= 0.3 is 0 Å². The van der Waals surface area contributed by atoms with Gasteiger partial charge in [0.05, 0.1) is 0 Å². The van der Waals surface area contributed by atoms with Crippen LogP contribution in [0, 0.1) is 0 Å². The van der Waals surface area contributed by atoms with Crippen molar-refractivity contribution in [2.24, 2.45) is 0 Å². The molecule has 0 aromatic rings. The molecule has 0 aliphatic rings. The molecular formula is C9H20N2. The second-order valence-corrected chi connectivity index (χ2v) is 3.10. The molecule has 0 aliphatic carbocycles. The lowest BCUT2D eigenvalue weighted by Gasteiger charge is -2.14. The summed E-state index contributed by atoms with van der Waals surface area (Å²) in [5, 5.41) is 0. The number of hydrogen-bond donors (Lipinski definition) is 0. The van der Waals surface area contributed by atoms with Gasteiger partial charge in [-0.3, -0.25) is 0 Å². The van der Waals surface area contributed by atoms with E-state index in [1.165, 1.54) is 12.8 Å². The van der Waals surface area contributed by atoms with Crippen LogP contribution in [-0.2, 0) is 0 Å². The van der Waals surface area contributed by atoms with Crippen LogP contribution in [0.15, 0.2) is 12.4 Å². The van der Waals surface area contributed by atoms with Crippen LogP contribution in [0.4, 0.5) is 0 Å². The van der Waals surface area contributed by atoms with Gasteiger partial charge in [-0.25, -0.2) is 0 Å². The molecule has 66 valence electrons. The molecular weight excluding hydrogens is 136 g/mol. The van der Waals surface area contributed by atoms with Crippen molar-refractivity contribution in [2.75, 3.05) is 27.7 Å². The van der Waals surface area contributed by atoms with E-state index in [0.717, 1.165) is 6.54 Å². The fourth-order valence-electron chi connectivity index (χ4n) is 0.729. The van der Waals surface area contributed by atoms with Gasteiger partial charge in [0.25, 0.3) is 0 Å². The second kappa shape index (κ2) is 6.08. The number of nitrogens with zero attached hydrogens (tertiary/aromatic N) is 2. The minimum absolute atomic E-state index is 1.15. The maximum Gasteiger partial charge on any atom is 0.0169 e. The maximum absolute atomic E-state index is 2.21. The Balaban J connectivity index is 3.42. The summed E-state index contributed by atoms with van der Waals surface area (Å²) in [5.74, 6) is 0. The Morgan fingerprint density at radius 3 is 2.18 bits per heavy atom. The standard InChI is InChI=1S/C9H20N2/c1-5-6-7-11(4)9-8-10(2)3/h8-9H,5-7H2,1-4H3/b9-8-. The molecule has 0 spiro atoms. The topological polar surface area (TPSA) is 6.48 Å². The minimum Gasteiger partial charge on any atom is -0.382 e. The summed E-state index contributed by atoms with van der Waals surface area (Å²) in [7, 11) is 6.17. The first-order valence-corrected chi connectivity index (χ1v) is 4.21. The van der Waals surface area contributed by atoms with Gasteiger partial charge in [0, 0.05) is 40.1 Å². The van der Waals surface area contributed by atoms with Gasteiger partial charge in [-0.05, 0) is 6.42 Å². The highest BCUT2D eigenvalue weighted by Crippen LogP contribution is 1.92. The summed E-state index contributed by atoms with van der Waals surface area (Å²) < 4.78 is 0. The van der Waals surface area contributed by atoms with Gasteiger partial charge in [0.15, 0.2) is 0 Å². The van der Waals surface area contributed by atoms with Crippen LogP contribution >= 0.6 is 0 Å². The fourth-order valence-corrected chi connectivity index (χ4v) is 0.729. The Bertz CT molecular complexity index is 108. The van der Waals surface area contributed by atoms with E-state index in [1.807, 2.05) is 19.0 Å². The zero-order chi connectivity index (χ0) is 8.69. The van der Waals surface area contributed by atoms with Crippen LogP contribution in [-0.4, -0.2) is 37.5 Å². The molecule has 0 aromatic heterocycles. The normalized spacial score (nSPS) is 10.5. The van der Waals surface area contributed by atoms with E-state index in [9.17, 15) is 0 Å². The Labute approximate surface area is 70.5 Å². The number of unbranched alkanes of at least 4 members (excludes halogenated alkanes) is 1.